The Balaban J connectivity index is 0.000000200. The summed E-state index contributed by atoms with van der Waals surface area (Å²) in [4.78, 5) is 27.1. The summed E-state index contributed by atoms with van der Waals surface area (Å²) in [6.45, 7) is 4.71. The Morgan fingerprint density at radius 2 is 1.01 bits per heavy atom. The number of nitrogens with zero attached hydrogens (tertiary/aromatic N) is 3. The maximum Gasteiger partial charge on any atom is 0.335 e. The van der Waals surface area contributed by atoms with Crippen molar-refractivity contribution in [2.75, 3.05) is 50.2 Å². The van der Waals surface area contributed by atoms with Gasteiger partial charge in [-0.05, 0) is 145 Å². The van der Waals surface area contributed by atoms with E-state index in [4.69, 9.17) is 14.6 Å². The molecule has 0 bridgehead atoms. The number of carboxylic acids is 2. The standard InChI is InChI=1S/C32H34N2O6S.C22H22N2O4S/c1-22-18-30(39-2)29(31(19-22)40-3)21-34(41(37,38)28-13-10-23-6-4-5-7-25(23)20-28)27-14-16-33(17-15-27)26-11-8-24(9-12-26)32(35)36;25-22(26)17-5-8-20(9-6-17)24-13-11-19(12-14-24)23-29(27,28)21-10-7-16-3-1-2-4-18(16)15-21/h4-13,18-20,27H,14-17,21H2,1-3H3,(H,35,36);1-10,15,19,23H,11-14H2,(H,25,26). The molecule has 3 N–H and O–H groups in total. The summed E-state index contributed by atoms with van der Waals surface area (Å²) in [7, 11) is -4.34. The zero-order chi connectivity index (χ0) is 49.6. The van der Waals surface area contributed by atoms with Gasteiger partial charge in [-0.25, -0.2) is 31.1 Å². The van der Waals surface area contributed by atoms with Gasteiger partial charge in [0.15, 0.2) is 0 Å². The fourth-order valence-corrected chi connectivity index (χ4v) is 12.2. The van der Waals surface area contributed by atoms with Gasteiger partial charge in [0.05, 0.1) is 40.7 Å². The van der Waals surface area contributed by atoms with E-state index in [-0.39, 0.29) is 39.5 Å². The zero-order valence-electron chi connectivity index (χ0n) is 39.2. The summed E-state index contributed by atoms with van der Waals surface area (Å²) in [5.74, 6) is -0.752. The Kier molecular flexibility index (Phi) is 15.1. The summed E-state index contributed by atoms with van der Waals surface area (Å²) in [6.07, 6.45) is 2.58. The molecule has 7 aromatic rings. The van der Waals surface area contributed by atoms with E-state index in [0.29, 0.717) is 68.9 Å². The molecule has 0 radical (unpaired) electrons. The van der Waals surface area contributed by atoms with Gasteiger partial charge < -0.3 is 29.5 Å². The number of piperidine rings is 2. The Hall–Kier alpha value is -6.98. The number of nitrogens with one attached hydrogen (secondary N) is 1. The zero-order valence-corrected chi connectivity index (χ0v) is 40.8. The van der Waals surface area contributed by atoms with E-state index < -0.39 is 32.0 Å². The minimum atomic E-state index is -3.91. The third-order valence-electron chi connectivity index (χ3n) is 13.1. The minimum absolute atomic E-state index is 0.0970. The average Bonchev–Trinajstić information content (AvgIpc) is 3.38. The van der Waals surface area contributed by atoms with Crippen LogP contribution in [-0.2, 0) is 26.6 Å². The second-order valence-corrected chi connectivity index (χ2v) is 21.1. The van der Waals surface area contributed by atoms with Crippen LogP contribution in [0.15, 0.2) is 155 Å². The minimum Gasteiger partial charge on any atom is -0.496 e. The monoisotopic (exact) mass is 984 g/mol. The van der Waals surface area contributed by atoms with Crippen LogP contribution in [0.3, 0.4) is 0 Å². The Morgan fingerprint density at radius 3 is 1.47 bits per heavy atom. The third kappa shape index (κ3) is 11.2. The van der Waals surface area contributed by atoms with Gasteiger partial charge in [-0.2, -0.15) is 4.31 Å². The SMILES string of the molecule is COc1cc(C)cc(OC)c1CN(C1CCN(c2ccc(C(=O)O)cc2)CC1)S(=O)(=O)c1ccc2ccccc2c1.O=C(O)c1ccc(N2CCC(NS(=O)(=O)c3ccc4ccccc4c3)CC2)cc1. The number of hydrogen-bond acceptors (Lipinski definition) is 10. The number of fused-ring (bicyclic) bond motifs is 2. The lowest BCUT2D eigenvalue weighted by Gasteiger charge is -2.39. The van der Waals surface area contributed by atoms with Crippen LogP contribution < -0.4 is 24.0 Å². The van der Waals surface area contributed by atoms with Crippen molar-refractivity contribution in [3.05, 3.63) is 168 Å². The highest BCUT2D eigenvalue weighted by Crippen LogP contribution is 2.36. The molecule has 0 amide bonds. The van der Waals surface area contributed by atoms with Crippen molar-refractivity contribution in [3.63, 3.8) is 0 Å². The molecule has 7 aromatic carbocycles. The van der Waals surface area contributed by atoms with Crippen molar-refractivity contribution >= 4 is 64.9 Å². The predicted octanol–water partition coefficient (Wildman–Crippen LogP) is 9.21. The first-order chi connectivity index (χ1) is 33.6. The lowest BCUT2D eigenvalue weighted by molar-refractivity contribution is 0.0686. The first kappa shape index (κ1) is 49.4. The topological polar surface area (TPSA) is 183 Å². The van der Waals surface area contributed by atoms with Crippen LogP contribution in [0.5, 0.6) is 11.5 Å². The van der Waals surface area contributed by atoms with E-state index in [0.717, 1.165) is 38.5 Å². The van der Waals surface area contributed by atoms with Crippen LogP contribution >= 0.6 is 0 Å². The molecule has 2 fully saturated rings. The number of ether oxygens (including phenoxy) is 2. The maximum atomic E-state index is 14.4. The molecule has 364 valence electrons. The molecular weight excluding hydrogens is 929 g/mol. The highest BCUT2D eigenvalue weighted by molar-refractivity contribution is 7.89. The number of benzene rings is 7. The second-order valence-electron chi connectivity index (χ2n) is 17.5. The molecule has 0 spiro atoms. The molecule has 16 heteroatoms. The maximum absolute atomic E-state index is 14.4. The van der Waals surface area contributed by atoms with Gasteiger partial charge in [-0.3, -0.25) is 0 Å². The summed E-state index contributed by atoms with van der Waals surface area (Å²) in [6, 6.07) is 42.8. The van der Waals surface area contributed by atoms with E-state index in [1.54, 1.807) is 91.3 Å². The van der Waals surface area contributed by atoms with Crippen molar-refractivity contribution < 1.29 is 46.1 Å². The van der Waals surface area contributed by atoms with Crippen LogP contribution in [0.2, 0.25) is 0 Å². The van der Waals surface area contributed by atoms with Crippen molar-refractivity contribution in [3.8, 4) is 11.5 Å². The van der Waals surface area contributed by atoms with Crippen LogP contribution in [0.1, 0.15) is 57.5 Å². The van der Waals surface area contributed by atoms with Gasteiger partial charge in [0.2, 0.25) is 20.0 Å². The molecule has 0 saturated carbocycles. The van der Waals surface area contributed by atoms with Crippen LogP contribution in [0, 0.1) is 6.92 Å². The van der Waals surface area contributed by atoms with Gasteiger partial charge in [-0.1, -0.05) is 60.7 Å². The predicted molar refractivity (Wildman–Crippen MR) is 273 cm³/mol. The molecule has 14 nitrogen and oxygen atoms in total. The number of methoxy groups -OCH3 is 2. The molecule has 9 rings (SSSR count). The number of carboxylic acid groups (broad SMARTS) is 2. The Bertz CT molecular complexity index is 3200. The molecule has 2 aliphatic heterocycles. The number of sulfonamides is 2. The van der Waals surface area contributed by atoms with Gasteiger partial charge in [0.25, 0.3) is 0 Å². The molecule has 0 unspecified atom stereocenters. The molecule has 2 saturated heterocycles. The normalized spacial score (nSPS) is 14.9. The highest BCUT2D eigenvalue weighted by atomic mass is 32.2. The summed E-state index contributed by atoms with van der Waals surface area (Å²) in [5.41, 5.74) is 3.99. The van der Waals surface area contributed by atoms with Crippen LogP contribution in [-0.4, -0.2) is 95.8 Å². The Morgan fingerprint density at radius 1 is 0.586 bits per heavy atom. The quantitative estimate of drug-likeness (QED) is 0.0941. The van der Waals surface area contributed by atoms with Gasteiger partial charge >= 0.3 is 11.9 Å². The fourth-order valence-electron chi connectivity index (χ4n) is 9.22. The molecule has 2 aliphatic rings. The van der Waals surface area contributed by atoms with Crippen molar-refractivity contribution in [1.82, 2.24) is 9.03 Å². The lowest BCUT2D eigenvalue weighted by atomic mass is 10.0. The smallest absolute Gasteiger partial charge is 0.335 e. The number of aromatic carboxylic acids is 2. The van der Waals surface area contributed by atoms with Gasteiger partial charge in [0, 0.05) is 56.2 Å². The van der Waals surface area contributed by atoms with Crippen molar-refractivity contribution in [2.45, 2.75) is 61.0 Å². The van der Waals surface area contributed by atoms with Crippen LogP contribution in [0.4, 0.5) is 11.4 Å². The van der Waals surface area contributed by atoms with E-state index in [2.05, 4.69) is 14.5 Å². The fraction of sp³-hybridized carbons (Fsp3) is 0.259. The summed E-state index contributed by atoms with van der Waals surface area (Å²) < 4.78 is 70.2. The molecule has 0 aromatic heterocycles. The number of rotatable bonds is 14. The second kappa shape index (κ2) is 21.3. The third-order valence-corrected chi connectivity index (χ3v) is 16.5. The molecule has 0 aliphatic carbocycles. The first-order valence-corrected chi connectivity index (χ1v) is 26.0. The molecular formula is C54H56N4O10S2. The summed E-state index contributed by atoms with van der Waals surface area (Å²) >= 11 is 0. The lowest BCUT2D eigenvalue weighted by Crippen LogP contribution is -2.47. The largest absolute Gasteiger partial charge is 0.496 e. The molecule has 70 heavy (non-hydrogen) atoms. The van der Waals surface area contributed by atoms with E-state index in [1.807, 2.05) is 79.7 Å². The van der Waals surface area contributed by atoms with Crippen molar-refractivity contribution in [2.24, 2.45) is 0 Å². The average molecular weight is 985 g/mol. The number of hydrogen-bond donors (Lipinski definition) is 3. The van der Waals surface area contributed by atoms with Crippen LogP contribution in [0.25, 0.3) is 21.5 Å². The first-order valence-electron chi connectivity index (χ1n) is 23.0. The Labute approximate surface area is 408 Å². The van der Waals surface area contributed by atoms with Gasteiger partial charge in [0.1, 0.15) is 11.5 Å². The molecule has 0 atom stereocenters. The van der Waals surface area contributed by atoms with E-state index >= 15 is 0 Å². The summed E-state index contributed by atoms with van der Waals surface area (Å²) in [5, 5.41) is 22.0. The van der Waals surface area contributed by atoms with Crippen molar-refractivity contribution in [1.29, 1.82) is 0 Å². The van der Waals surface area contributed by atoms with E-state index in [1.165, 1.54) is 0 Å². The number of carbonyl (C=O) groups is 2. The van der Waals surface area contributed by atoms with Gasteiger partial charge in [-0.15, -0.1) is 0 Å². The highest BCUT2D eigenvalue weighted by Gasteiger charge is 2.36. The number of aryl methyl sites for hydroxylation is 1. The molecule has 2 heterocycles. The van der Waals surface area contributed by atoms with E-state index in [9.17, 15) is 31.5 Å². The number of anilines is 2.